The van der Waals surface area contributed by atoms with Gasteiger partial charge in [-0.2, -0.15) is 0 Å². The number of fused-ring (bicyclic) bond motifs is 1. The molecular weight excluding hydrogens is 462 g/mol. The molecule has 0 fully saturated rings. The van der Waals surface area contributed by atoms with Crippen molar-refractivity contribution in [3.8, 4) is 5.75 Å². The number of hydrogen-bond acceptors (Lipinski definition) is 7. The predicted molar refractivity (Wildman–Crippen MR) is 133 cm³/mol. The zero-order chi connectivity index (χ0) is 24.3. The van der Waals surface area contributed by atoms with Gasteiger partial charge in [0, 0.05) is 0 Å². The molecular formula is C24H40O7P2. The average Bonchev–Trinajstić information content (AvgIpc) is 2.83. The topological polar surface area (TPSA) is 91.3 Å². The van der Waals surface area contributed by atoms with Crippen molar-refractivity contribution in [2.24, 2.45) is 0 Å². The molecule has 0 amide bonds. The summed E-state index contributed by atoms with van der Waals surface area (Å²) in [7, 11) is -7.98. The first kappa shape index (κ1) is 28.3. The standard InChI is InChI=1S/C24H40O7P2/c1-5-15-28-32(26,29-16-6-2)24(33(27,30-17-7-3)31-18-8-4)19-20-13-14-23(25)22-12-10-9-11-21(20)22/h13-14,19,25H,5-12,15-18H2,1-4H3. The van der Waals surface area contributed by atoms with Crippen molar-refractivity contribution in [2.45, 2.75) is 79.1 Å². The van der Waals surface area contributed by atoms with Crippen LogP contribution in [0.25, 0.3) is 6.08 Å². The van der Waals surface area contributed by atoms with Crippen LogP contribution in [0.2, 0.25) is 0 Å². The second-order valence-corrected chi connectivity index (χ2v) is 12.5. The van der Waals surface area contributed by atoms with E-state index in [9.17, 15) is 14.2 Å². The molecule has 0 atom stereocenters. The van der Waals surface area contributed by atoms with Crippen LogP contribution in [0, 0.1) is 0 Å². The maximum atomic E-state index is 14.1. The molecule has 0 saturated heterocycles. The van der Waals surface area contributed by atoms with Crippen molar-refractivity contribution in [3.63, 3.8) is 0 Å². The molecule has 0 radical (unpaired) electrons. The molecule has 0 aliphatic heterocycles. The quantitative estimate of drug-likeness (QED) is 0.246. The summed E-state index contributed by atoms with van der Waals surface area (Å²) in [6.45, 7) is 8.38. The third-order valence-corrected chi connectivity index (χ3v) is 10.2. The SMILES string of the molecule is CCCOP(=O)(OCCC)C(=Cc1ccc(O)c2c1CCCC2)P(=O)(OCCC)OCCC. The van der Waals surface area contributed by atoms with Crippen molar-refractivity contribution >= 4 is 21.3 Å². The van der Waals surface area contributed by atoms with Gasteiger partial charge in [0.15, 0.2) is 5.06 Å². The van der Waals surface area contributed by atoms with Gasteiger partial charge in [-0.1, -0.05) is 33.8 Å². The predicted octanol–water partition coefficient (Wildman–Crippen LogP) is 7.66. The molecule has 0 spiro atoms. The second-order valence-electron chi connectivity index (χ2n) is 8.17. The fourth-order valence-corrected chi connectivity index (χ4v) is 8.50. The van der Waals surface area contributed by atoms with Crippen LogP contribution in [0.5, 0.6) is 5.75 Å². The first-order chi connectivity index (χ1) is 15.8. The normalized spacial score (nSPS) is 14.2. The molecule has 1 N–H and O–H groups in total. The number of phenols is 1. The van der Waals surface area contributed by atoms with E-state index in [0.717, 1.165) is 42.4 Å². The lowest BCUT2D eigenvalue weighted by Crippen LogP contribution is -2.08. The van der Waals surface area contributed by atoms with Gasteiger partial charge in [-0.15, -0.1) is 0 Å². The van der Waals surface area contributed by atoms with Crippen molar-refractivity contribution in [3.05, 3.63) is 33.9 Å². The van der Waals surface area contributed by atoms with E-state index < -0.39 is 15.2 Å². The van der Waals surface area contributed by atoms with Crippen LogP contribution in [0.3, 0.4) is 0 Å². The van der Waals surface area contributed by atoms with Gasteiger partial charge in [-0.3, -0.25) is 9.13 Å². The van der Waals surface area contributed by atoms with Gasteiger partial charge in [0.2, 0.25) is 0 Å². The van der Waals surface area contributed by atoms with E-state index in [1.165, 1.54) is 0 Å². The molecule has 2 rings (SSSR count). The summed E-state index contributed by atoms with van der Waals surface area (Å²) in [5.74, 6) is 0.253. The Morgan fingerprint density at radius 1 is 0.788 bits per heavy atom. The number of hydrogen-bond donors (Lipinski definition) is 1. The van der Waals surface area contributed by atoms with Crippen molar-refractivity contribution in [1.29, 1.82) is 0 Å². The highest BCUT2D eigenvalue weighted by atomic mass is 31.2. The maximum absolute atomic E-state index is 14.1. The van der Waals surface area contributed by atoms with Crippen LogP contribution >= 0.6 is 15.2 Å². The van der Waals surface area contributed by atoms with Crippen molar-refractivity contribution < 1.29 is 32.3 Å². The number of phenolic OH excluding ortho intramolecular Hbond substituents is 1. The largest absolute Gasteiger partial charge is 0.508 e. The van der Waals surface area contributed by atoms with E-state index >= 15 is 0 Å². The second kappa shape index (κ2) is 13.8. The molecule has 33 heavy (non-hydrogen) atoms. The molecule has 7 nitrogen and oxygen atoms in total. The molecule has 1 aliphatic rings. The molecule has 0 aromatic heterocycles. The number of benzene rings is 1. The summed E-state index contributed by atoms with van der Waals surface area (Å²) in [4.78, 5) is 0. The van der Waals surface area contributed by atoms with Gasteiger partial charge < -0.3 is 23.2 Å². The Balaban J connectivity index is 2.72. The van der Waals surface area contributed by atoms with Gasteiger partial charge in [-0.25, -0.2) is 0 Å². The minimum Gasteiger partial charge on any atom is -0.508 e. The lowest BCUT2D eigenvalue weighted by atomic mass is 9.87. The minimum atomic E-state index is -3.99. The Labute approximate surface area is 198 Å². The molecule has 0 unspecified atom stereocenters. The summed E-state index contributed by atoms with van der Waals surface area (Å²) in [5.41, 5.74) is 2.58. The molecule has 1 aromatic carbocycles. The third-order valence-electron chi connectivity index (χ3n) is 5.25. The van der Waals surface area contributed by atoms with Crippen LogP contribution in [0.15, 0.2) is 17.2 Å². The van der Waals surface area contributed by atoms with Crippen LogP contribution in [-0.2, 0) is 40.1 Å². The lowest BCUT2D eigenvalue weighted by molar-refractivity contribution is 0.199. The maximum Gasteiger partial charge on any atom is 0.369 e. The Hall–Kier alpha value is -0.940. The van der Waals surface area contributed by atoms with Crippen LogP contribution in [0.4, 0.5) is 0 Å². The van der Waals surface area contributed by atoms with Gasteiger partial charge in [0.1, 0.15) is 5.75 Å². The lowest BCUT2D eigenvalue weighted by Gasteiger charge is -2.27. The first-order valence-electron chi connectivity index (χ1n) is 12.2. The van der Waals surface area contributed by atoms with Crippen LogP contribution in [0.1, 0.15) is 82.9 Å². The molecule has 1 aromatic rings. The minimum absolute atomic E-state index is 0.0581. The molecule has 0 saturated carbocycles. The van der Waals surface area contributed by atoms with Crippen molar-refractivity contribution in [1.82, 2.24) is 0 Å². The van der Waals surface area contributed by atoms with E-state index in [1.54, 1.807) is 18.2 Å². The smallest absolute Gasteiger partial charge is 0.369 e. The Bertz CT molecular complexity index is 822. The van der Waals surface area contributed by atoms with E-state index in [4.69, 9.17) is 18.1 Å². The highest BCUT2D eigenvalue weighted by molar-refractivity contribution is 7.79. The summed E-state index contributed by atoms with van der Waals surface area (Å²) in [6, 6.07) is 3.39. The molecule has 1 aliphatic carbocycles. The first-order valence-corrected chi connectivity index (χ1v) is 15.3. The van der Waals surface area contributed by atoms with Crippen LogP contribution < -0.4 is 0 Å². The van der Waals surface area contributed by atoms with Gasteiger partial charge in [-0.05, 0) is 80.2 Å². The zero-order valence-corrected chi connectivity index (χ0v) is 22.3. The Morgan fingerprint density at radius 3 is 1.64 bits per heavy atom. The highest BCUT2D eigenvalue weighted by Gasteiger charge is 2.45. The summed E-state index contributed by atoms with van der Waals surface area (Å²) in [6.07, 6.45) is 7.62. The molecule has 0 bridgehead atoms. The van der Waals surface area contributed by atoms with E-state index in [2.05, 4.69) is 0 Å². The molecule has 9 heteroatoms. The fourth-order valence-electron chi connectivity index (χ4n) is 3.64. The summed E-state index contributed by atoms with van der Waals surface area (Å²) < 4.78 is 51.4. The van der Waals surface area contributed by atoms with Gasteiger partial charge >= 0.3 is 15.2 Å². The van der Waals surface area contributed by atoms with Gasteiger partial charge in [0.25, 0.3) is 0 Å². The number of aromatic hydroxyl groups is 1. The Kier molecular flexibility index (Phi) is 11.9. The molecule has 0 heterocycles. The average molecular weight is 503 g/mol. The summed E-state index contributed by atoms with van der Waals surface area (Å²) >= 11 is 0. The van der Waals surface area contributed by atoms with Crippen molar-refractivity contribution in [2.75, 3.05) is 26.4 Å². The molecule has 188 valence electrons. The number of rotatable bonds is 15. The highest BCUT2D eigenvalue weighted by Crippen LogP contribution is 2.74. The van der Waals surface area contributed by atoms with Crippen LogP contribution in [-0.4, -0.2) is 31.5 Å². The third kappa shape index (κ3) is 7.52. The van der Waals surface area contributed by atoms with Gasteiger partial charge in [0.05, 0.1) is 26.4 Å². The Morgan fingerprint density at radius 2 is 1.21 bits per heavy atom. The fraction of sp³-hybridized carbons (Fsp3) is 0.667. The monoisotopic (exact) mass is 502 g/mol. The van der Waals surface area contributed by atoms with E-state index in [-0.39, 0.29) is 37.2 Å². The van der Waals surface area contributed by atoms with E-state index in [1.807, 2.05) is 27.7 Å². The zero-order valence-electron chi connectivity index (χ0n) is 20.5. The van der Waals surface area contributed by atoms with E-state index in [0.29, 0.717) is 25.7 Å². The summed E-state index contributed by atoms with van der Waals surface area (Å²) in [5, 5.41) is 10.3.